The van der Waals surface area contributed by atoms with Crippen molar-refractivity contribution in [2.75, 3.05) is 26.2 Å². The van der Waals surface area contributed by atoms with E-state index in [1.807, 2.05) is 6.92 Å². The standard InChI is InChI=1S/C13H22N2O4/c1-2-14(9-10-5-4-8-19-10)13(18)15-7-3-6-11(15)12(16)17/h10-11H,2-9H2,1H3,(H,16,17)/t10?,11-/m1/s1. The highest BCUT2D eigenvalue weighted by Gasteiger charge is 2.36. The fourth-order valence-electron chi connectivity index (χ4n) is 2.81. The summed E-state index contributed by atoms with van der Waals surface area (Å²) in [7, 11) is 0. The first-order valence-corrected chi connectivity index (χ1v) is 7.03. The van der Waals surface area contributed by atoms with Crippen molar-refractivity contribution in [1.29, 1.82) is 0 Å². The number of carboxylic acid groups (broad SMARTS) is 1. The number of hydrogen-bond acceptors (Lipinski definition) is 3. The van der Waals surface area contributed by atoms with Gasteiger partial charge in [-0.2, -0.15) is 0 Å². The molecule has 6 nitrogen and oxygen atoms in total. The highest BCUT2D eigenvalue weighted by Crippen LogP contribution is 2.20. The smallest absolute Gasteiger partial charge is 0.326 e. The third-order valence-electron chi connectivity index (χ3n) is 3.88. The number of likely N-dealkylation sites (tertiary alicyclic amines) is 1. The molecular weight excluding hydrogens is 248 g/mol. The molecule has 108 valence electrons. The third-order valence-corrected chi connectivity index (χ3v) is 3.88. The maximum absolute atomic E-state index is 12.4. The number of carbonyl (C=O) groups excluding carboxylic acids is 1. The Morgan fingerprint density at radius 3 is 2.74 bits per heavy atom. The van der Waals surface area contributed by atoms with Gasteiger partial charge >= 0.3 is 12.0 Å². The van der Waals surface area contributed by atoms with Crippen molar-refractivity contribution < 1.29 is 19.4 Å². The monoisotopic (exact) mass is 270 g/mol. The van der Waals surface area contributed by atoms with Gasteiger partial charge in [-0.05, 0) is 32.6 Å². The van der Waals surface area contributed by atoms with Crippen LogP contribution in [0.5, 0.6) is 0 Å². The van der Waals surface area contributed by atoms with Crippen LogP contribution in [0.15, 0.2) is 0 Å². The maximum Gasteiger partial charge on any atom is 0.326 e. The molecule has 2 aliphatic heterocycles. The van der Waals surface area contributed by atoms with Crippen LogP contribution >= 0.6 is 0 Å². The molecule has 0 aromatic carbocycles. The third kappa shape index (κ3) is 3.18. The van der Waals surface area contributed by atoms with E-state index in [0.29, 0.717) is 26.1 Å². The second-order valence-corrected chi connectivity index (χ2v) is 5.15. The van der Waals surface area contributed by atoms with E-state index in [-0.39, 0.29) is 12.1 Å². The average molecular weight is 270 g/mol. The molecule has 0 aromatic rings. The lowest BCUT2D eigenvalue weighted by Crippen LogP contribution is -2.49. The number of ether oxygens (including phenoxy) is 1. The first kappa shape index (κ1) is 14.1. The number of rotatable bonds is 4. The summed E-state index contributed by atoms with van der Waals surface area (Å²) >= 11 is 0. The van der Waals surface area contributed by atoms with Gasteiger partial charge in [0.25, 0.3) is 0 Å². The summed E-state index contributed by atoms with van der Waals surface area (Å²) in [6, 6.07) is -0.825. The van der Waals surface area contributed by atoms with Crippen molar-refractivity contribution in [1.82, 2.24) is 9.80 Å². The van der Waals surface area contributed by atoms with Crippen LogP contribution in [0.2, 0.25) is 0 Å². The molecule has 0 radical (unpaired) electrons. The Morgan fingerprint density at radius 1 is 1.37 bits per heavy atom. The summed E-state index contributed by atoms with van der Waals surface area (Å²) in [5.74, 6) is -0.904. The van der Waals surface area contributed by atoms with Crippen molar-refractivity contribution in [3.8, 4) is 0 Å². The Hall–Kier alpha value is -1.30. The number of likely N-dealkylation sites (N-methyl/N-ethyl adjacent to an activating group) is 1. The van der Waals surface area contributed by atoms with Gasteiger partial charge in [0.15, 0.2) is 0 Å². The topological polar surface area (TPSA) is 70.1 Å². The quantitative estimate of drug-likeness (QED) is 0.832. The van der Waals surface area contributed by atoms with E-state index in [1.54, 1.807) is 4.90 Å². The number of aliphatic carboxylic acids is 1. The number of nitrogens with zero attached hydrogens (tertiary/aromatic N) is 2. The molecule has 2 atom stereocenters. The highest BCUT2D eigenvalue weighted by molar-refractivity contribution is 5.83. The molecule has 0 aliphatic carbocycles. The van der Waals surface area contributed by atoms with Crippen LogP contribution in [0, 0.1) is 0 Å². The predicted molar refractivity (Wildman–Crippen MR) is 69.0 cm³/mol. The molecule has 2 saturated heterocycles. The van der Waals surface area contributed by atoms with Gasteiger partial charge in [0.2, 0.25) is 0 Å². The van der Waals surface area contributed by atoms with Crippen LogP contribution in [0.4, 0.5) is 4.79 Å². The molecule has 1 N–H and O–H groups in total. The predicted octanol–water partition coefficient (Wildman–Crippen LogP) is 1.16. The van der Waals surface area contributed by atoms with Crippen LogP contribution < -0.4 is 0 Å². The second-order valence-electron chi connectivity index (χ2n) is 5.15. The first-order valence-electron chi connectivity index (χ1n) is 7.03. The van der Waals surface area contributed by atoms with Crippen LogP contribution in [-0.4, -0.2) is 65.3 Å². The molecule has 2 aliphatic rings. The van der Waals surface area contributed by atoms with Gasteiger partial charge in [-0.25, -0.2) is 9.59 Å². The molecule has 0 aromatic heterocycles. The molecule has 6 heteroatoms. The normalized spacial score (nSPS) is 26.7. The van der Waals surface area contributed by atoms with Gasteiger partial charge in [0, 0.05) is 26.2 Å². The van der Waals surface area contributed by atoms with Gasteiger partial charge in [-0.1, -0.05) is 0 Å². The summed E-state index contributed by atoms with van der Waals surface area (Å²) in [5, 5.41) is 9.13. The fraction of sp³-hybridized carbons (Fsp3) is 0.846. The number of carboxylic acids is 1. The SMILES string of the molecule is CCN(CC1CCCO1)C(=O)N1CCC[C@@H]1C(=O)O. The lowest BCUT2D eigenvalue weighted by atomic mass is 10.2. The van der Waals surface area contributed by atoms with Crippen molar-refractivity contribution in [3.05, 3.63) is 0 Å². The Balaban J connectivity index is 1.96. The molecular formula is C13H22N2O4. The average Bonchev–Trinajstić information content (AvgIpc) is 3.05. The molecule has 0 bridgehead atoms. The Labute approximate surface area is 113 Å². The van der Waals surface area contributed by atoms with Crippen molar-refractivity contribution >= 4 is 12.0 Å². The van der Waals surface area contributed by atoms with E-state index in [0.717, 1.165) is 25.9 Å². The van der Waals surface area contributed by atoms with Gasteiger partial charge < -0.3 is 19.6 Å². The molecule has 19 heavy (non-hydrogen) atoms. The zero-order valence-corrected chi connectivity index (χ0v) is 11.4. The zero-order valence-electron chi connectivity index (χ0n) is 11.4. The molecule has 0 saturated carbocycles. The van der Waals surface area contributed by atoms with Crippen LogP contribution in [0.3, 0.4) is 0 Å². The Bertz CT molecular complexity index is 342. The summed E-state index contributed by atoms with van der Waals surface area (Å²) in [6.07, 6.45) is 3.44. The van der Waals surface area contributed by atoms with E-state index in [2.05, 4.69) is 0 Å². The van der Waals surface area contributed by atoms with Gasteiger partial charge in [0.1, 0.15) is 6.04 Å². The van der Waals surface area contributed by atoms with E-state index >= 15 is 0 Å². The summed E-state index contributed by atoms with van der Waals surface area (Å²) in [6.45, 7) is 4.37. The van der Waals surface area contributed by atoms with E-state index in [1.165, 1.54) is 4.90 Å². The molecule has 2 amide bonds. The molecule has 1 unspecified atom stereocenters. The lowest BCUT2D eigenvalue weighted by Gasteiger charge is -2.31. The van der Waals surface area contributed by atoms with Gasteiger partial charge in [-0.3, -0.25) is 0 Å². The minimum Gasteiger partial charge on any atom is -0.480 e. The molecule has 2 fully saturated rings. The summed E-state index contributed by atoms with van der Waals surface area (Å²) in [4.78, 5) is 26.7. The summed E-state index contributed by atoms with van der Waals surface area (Å²) < 4.78 is 5.54. The summed E-state index contributed by atoms with van der Waals surface area (Å²) in [5.41, 5.74) is 0. The maximum atomic E-state index is 12.4. The van der Waals surface area contributed by atoms with Crippen molar-refractivity contribution in [3.63, 3.8) is 0 Å². The van der Waals surface area contributed by atoms with Crippen LogP contribution in [0.1, 0.15) is 32.6 Å². The fourth-order valence-corrected chi connectivity index (χ4v) is 2.81. The van der Waals surface area contributed by atoms with E-state index in [9.17, 15) is 9.59 Å². The minimum atomic E-state index is -0.904. The second kappa shape index (κ2) is 6.23. The highest BCUT2D eigenvalue weighted by atomic mass is 16.5. The number of urea groups is 1. The minimum absolute atomic E-state index is 0.106. The largest absolute Gasteiger partial charge is 0.480 e. The lowest BCUT2D eigenvalue weighted by molar-refractivity contribution is -0.141. The first-order chi connectivity index (χ1) is 9.13. The van der Waals surface area contributed by atoms with Gasteiger partial charge in [0.05, 0.1) is 6.10 Å². The van der Waals surface area contributed by atoms with E-state index in [4.69, 9.17) is 9.84 Å². The van der Waals surface area contributed by atoms with Crippen LogP contribution in [0.25, 0.3) is 0 Å². The van der Waals surface area contributed by atoms with Gasteiger partial charge in [-0.15, -0.1) is 0 Å². The van der Waals surface area contributed by atoms with Crippen LogP contribution in [-0.2, 0) is 9.53 Å². The van der Waals surface area contributed by atoms with Crippen molar-refractivity contribution in [2.45, 2.75) is 44.8 Å². The van der Waals surface area contributed by atoms with E-state index < -0.39 is 12.0 Å². The Kier molecular flexibility index (Phi) is 4.63. The zero-order chi connectivity index (χ0) is 13.8. The number of amides is 2. The molecule has 2 heterocycles. The molecule has 2 rings (SSSR count). The number of hydrogen-bond donors (Lipinski definition) is 1. The van der Waals surface area contributed by atoms with Crippen molar-refractivity contribution in [2.24, 2.45) is 0 Å². The molecule has 0 spiro atoms. The Morgan fingerprint density at radius 2 is 2.16 bits per heavy atom. The number of carbonyl (C=O) groups is 2.